The Kier molecular flexibility index (Phi) is 9.05. The number of carboxylic acids is 1. The maximum Gasteiger partial charge on any atom is 0.306 e. The highest BCUT2D eigenvalue weighted by Crippen LogP contribution is 2.26. The molecule has 1 aliphatic rings. The zero-order chi connectivity index (χ0) is 21.3. The van der Waals surface area contributed by atoms with Crippen LogP contribution in [0.1, 0.15) is 40.0 Å². The van der Waals surface area contributed by atoms with Gasteiger partial charge in [-0.3, -0.25) is 9.59 Å². The highest BCUT2D eigenvalue weighted by molar-refractivity contribution is 6.99. The Morgan fingerprint density at radius 3 is 2.66 bits per heavy atom. The molecule has 11 heteroatoms. The van der Waals surface area contributed by atoms with E-state index in [9.17, 15) is 9.59 Å². The first-order valence-electron chi connectivity index (χ1n) is 9.69. The number of rotatable bonds is 11. The van der Waals surface area contributed by atoms with Gasteiger partial charge >= 0.3 is 11.9 Å². The molecule has 1 aromatic rings. The summed E-state index contributed by atoms with van der Waals surface area (Å²) in [5.74, 6) is -0.285. The normalized spacial score (nSPS) is 15.8. The van der Waals surface area contributed by atoms with Crippen LogP contribution < -0.4 is 15.0 Å². The molecular formula is C18H30N4O6S. The minimum Gasteiger partial charge on any atom is -0.481 e. The number of anilines is 1. The van der Waals surface area contributed by atoms with Crippen molar-refractivity contribution in [2.75, 3.05) is 44.4 Å². The number of hydrogen-bond donors (Lipinski definition) is 2. The summed E-state index contributed by atoms with van der Waals surface area (Å²) < 4.78 is 25.3. The third-order valence-corrected chi connectivity index (χ3v) is 4.59. The lowest BCUT2D eigenvalue weighted by molar-refractivity contribution is -0.150. The van der Waals surface area contributed by atoms with Crippen molar-refractivity contribution in [3.63, 3.8) is 0 Å². The summed E-state index contributed by atoms with van der Waals surface area (Å²) in [5.41, 5.74) is -0.158. The van der Waals surface area contributed by atoms with Crippen molar-refractivity contribution in [3.05, 3.63) is 0 Å². The standard InChI is InChI=1S/C18H30N4O6S/c1-18(2,3)19-11-13(28-15(25)6-4-5-14(23)24)12-27-17-16(20-29-21-17)22-7-9-26-10-8-22/h13,19H,4-12H2,1-3H3,(H,23,24)/t13-/m0/s1. The number of carbonyl (C=O) groups excluding carboxylic acids is 1. The van der Waals surface area contributed by atoms with Gasteiger partial charge < -0.3 is 29.5 Å². The number of hydrogen-bond acceptors (Lipinski definition) is 10. The van der Waals surface area contributed by atoms with Crippen LogP contribution in [0.15, 0.2) is 0 Å². The van der Waals surface area contributed by atoms with Gasteiger partial charge in [0.15, 0.2) is 0 Å². The number of aromatic nitrogens is 2. The summed E-state index contributed by atoms with van der Waals surface area (Å²) in [6.07, 6.45) is -0.309. The molecule has 1 aromatic heterocycles. The SMILES string of the molecule is CC(C)(C)NC[C@@H](COc1nsnc1N1CCOCC1)OC(=O)CCCC(=O)O. The molecule has 0 aromatic carbocycles. The molecule has 10 nitrogen and oxygen atoms in total. The van der Waals surface area contributed by atoms with Crippen LogP contribution >= 0.6 is 11.7 Å². The largest absolute Gasteiger partial charge is 0.481 e. The van der Waals surface area contributed by atoms with E-state index in [2.05, 4.69) is 19.0 Å². The van der Waals surface area contributed by atoms with Gasteiger partial charge in [0.25, 0.3) is 5.88 Å². The van der Waals surface area contributed by atoms with Crippen molar-refractivity contribution < 1.29 is 28.9 Å². The number of esters is 1. The van der Waals surface area contributed by atoms with Gasteiger partial charge in [0.05, 0.1) is 24.9 Å². The van der Waals surface area contributed by atoms with E-state index in [0.29, 0.717) is 31.5 Å². The second-order valence-corrected chi connectivity index (χ2v) is 8.32. The molecule has 0 aliphatic carbocycles. The lowest BCUT2D eigenvalue weighted by Gasteiger charge is -2.27. The van der Waals surface area contributed by atoms with Crippen LogP contribution in [0.5, 0.6) is 5.88 Å². The molecule has 2 heterocycles. The van der Waals surface area contributed by atoms with E-state index in [1.165, 1.54) is 0 Å². The van der Waals surface area contributed by atoms with Gasteiger partial charge in [-0.05, 0) is 27.2 Å². The van der Waals surface area contributed by atoms with Gasteiger partial charge in [0, 0.05) is 38.0 Å². The van der Waals surface area contributed by atoms with Gasteiger partial charge in [-0.25, -0.2) is 0 Å². The zero-order valence-corrected chi connectivity index (χ0v) is 18.0. The molecule has 164 valence electrons. The Labute approximate surface area is 174 Å². The maximum absolute atomic E-state index is 12.1. The Morgan fingerprint density at radius 1 is 1.28 bits per heavy atom. The van der Waals surface area contributed by atoms with Crippen LogP contribution in [0.3, 0.4) is 0 Å². The number of nitrogens with one attached hydrogen (secondary N) is 1. The Morgan fingerprint density at radius 2 is 2.00 bits per heavy atom. The van der Waals surface area contributed by atoms with Crippen LogP contribution in [-0.4, -0.2) is 76.9 Å². The molecule has 0 spiro atoms. The lowest BCUT2D eigenvalue weighted by atomic mass is 10.1. The quantitative estimate of drug-likeness (QED) is 0.497. The number of ether oxygens (including phenoxy) is 3. The van der Waals surface area contributed by atoms with Crippen molar-refractivity contribution >= 4 is 29.5 Å². The van der Waals surface area contributed by atoms with Crippen LogP contribution in [0.25, 0.3) is 0 Å². The fourth-order valence-corrected chi connectivity index (χ4v) is 3.11. The van der Waals surface area contributed by atoms with E-state index in [4.69, 9.17) is 19.3 Å². The van der Waals surface area contributed by atoms with E-state index in [1.54, 1.807) is 0 Å². The molecule has 0 saturated carbocycles. The third-order valence-electron chi connectivity index (χ3n) is 4.09. The first kappa shape index (κ1) is 23.3. The topological polar surface area (TPSA) is 123 Å². The summed E-state index contributed by atoms with van der Waals surface area (Å²) >= 11 is 1.07. The smallest absolute Gasteiger partial charge is 0.306 e. The minimum atomic E-state index is -0.932. The summed E-state index contributed by atoms with van der Waals surface area (Å²) in [4.78, 5) is 24.8. The number of nitrogens with zero attached hydrogens (tertiary/aromatic N) is 3. The molecule has 2 rings (SSSR count). The van der Waals surface area contributed by atoms with E-state index >= 15 is 0 Å². The average molecular weight is 431 g/mol. The van der Waals surface area contributed by atoms with Gasteiger partial charge in [-0.1, -0.05) is 0 Å². The van der Waals surface area contributed by atoms with E-state index < -0.39 is 18.0 Å². The van der Waals surface area contributed by atoms with Crippen molar-refractivity contribution in [2.45, 2.75) is 51.7 Å². The first-order valence-corrected chi connectivity index (χ1v) is 10.4. The Hall–Kier alpha value is -1.98. The molecule has 1 atom stereocenters. The van der Waals surface area contributed by atoms with Crippen molar-refractivity contribution in [3.8, 4) is 5.88 Å². The van der Waals surface area contributed by atoms with E-state index in [1.807, 2.05) is 20.8 Å². The second kappa shape index (κ2) is 11.3. The molecule has 2 N–H and O–H groups in total. The van der Waals surface area contributed by atoms with Gasteiger partial charge in [-0.15, -0.1) is 4.37 Å². The molecule has 1 saturated heterocycles. The zero-order valence-electron chi connectivity index (χ0n) is 17.2. The van der Waals surface area contributed by atoms with Crippen molar-refractivity contribution in [1.82, 2.24) is 14.1 Å². The third kappa shape index (κ3) is 8.92. The Balaban J connectivity index is 1.92. The van der Waals surface area contributed by atoms with Gasteiger partial charge in [0.2, 0.25) is 5.82 Å². The molecule has 1 fully saturated rings. The predicted molar refractivity (Wildman–Crippen MR) is 108 cm³/mol. The van der Waals surface area contributed by atoms with Crippen LogP contribution in [-0.2, 0) is 19.1 Å². The van der Waals surface area contributed by atoms with Crippen molar-refractivity contribution in [2.24, 2.45) is 0 Å². The van der Waals surface area contributed by atoms with Crippen LogP contribution in [0.4, 0.5) is 5.82 Å². The lowest BCUT2D eigenvalue weighted by Crippen LogP contribution is -2.44. The number of morpholine rings is 1. The summed E-state index contributed by atoms with van der Waals surface area (Å²) in [7, 11) is 0. The average Bonchev–Trinajstić information content (AvgIpc) is 3.12. The van der Waals surface area contributed by atoms with Gasteiger partial charge in [-0.2, -0.15) is 4.37 Å². The molecule has 0 unspecified atom stereocenters. The predicted octanol–water partition coefficient (Wildman–Crippen LogP) is 1.31. The first-order chi connectivity index (χ1) is 13.7. The highest BCUT2D eigenvalue weighted by Gasteiger charge is 2.23. The summed E-state index contributed by atoms with van der Waals surface area (Å²) in [6.45, 7) is 9.26. The maximum atomic E-state index is 12.1. The van der Waals surface area contributed by atoms with E-state index in [-0.39, 0.29) is 31.4 Å². The number of aliphatic carboxylic acids is 1. The number of carboxylic acid groups (broad SMARTS) is 1. The van der Waals surface area contributed by atoms with Crippen LogP contribution in [0, 0.1) is 0 Å². The minimum absolute atomic E-state index is 0.0512. The summed E-state index contributed by atoms with van der Waals surface area (Å²) in [5, 5.41) is 12.0. The van der Waals surface area contributed by atoms with Gasteiger partial charge in [0.1, 0.15) is 12.7 Å². The number of carbonyl (C=O) groups is 2. The molecule has 0 radical (unpaired) electrons. The fraction of sp³-hybridized carbons (Fsp3) is 0.778. The fourth-order valence-electron chi connectivity index (χ4n) is 2.59. The van der Waals surface area contributed by atoms with Crippen molar-refractivity contribution in [1.29, 1.82) is 0 Å². The molecular weight excluding hydrogens is 400 g/mol. The summed E-state index contributed by atoms with van der Waals surface area (Å²) in [6, 6.07) is 0. The Bertz CT molecular complexity index is 657. The molecule has 29 heavy (non-hydrogen) atoms. The highest BCUT2D eigenvalue weighted by atomic mass is 32.1. The second-order valence-electron chi connectivity index (χ2n) is 7.79. The molecule has 0 bridgehead atoms. The molecule has 1 aliphatic heterocycles. The monoisotopic (exact) mass is 430 g/mol. The van der Waals surface area contributed by atoms with Crippen LogP contribution in [0.2, 0.25) is 0 Å². The molecule has 0 amide bonds. The van der Waals surface area contributed by atoms with E-state index in [0.717, 1.165) is 24.8 Å².